The molecule has 0 aromatic heterocycles. The van der Waals surface area contributed by atoms with Crippen molar-refractivity contribution in [2.45, 2.75) is 6.18 Å². The van der Waals surface area contributed by atoms with Gasteiger partial charge in [0.1, 0.15) is 34.9 Å². The number of nitrogens with zero attached hydrogens (tertiary/aromatic N) is 1. The van der Waals surface area contributed by atoms with E-state index in [1.165, 1.54) is 6.07 Å². The molecule has 0 saturated carbocycles. The third-order valence-corrected chi connectivity index (χ3v) is 7.84. The molecule has 0 aliphatic carbocycles. The maximum atomic E-state index is 15.9. The van der Waals surface area contributed by atoms with Crippen LogP contribution < -0.4 is 16.4 Å². The van der Waals surface area contributed by atoms with Crippen molar-refractivity contribution in [1.82, 2.24) is 0 Å². The van der Waals surface area contributed by atoms with Crippen molar-refractivity contribution in [3.8, 4) is 0 Å². The summed E-state index contributed by atoms with van der Waals surface area (Å²) in [5.41, 5.74) is -13.3. The lowest BCUT2D eigenvalue weighted by Crippen LogP contribution is -2.72. The van der Waals surface area contributed by atoms with Gasteiger partial charge >= 0.3 is 6.18 Å². The van der Waals surface area contributed by atoms with Crippen molar-refractivity contribution in [1.29, 1.82) is 0 Å². The summed E-state index contributed by atoms with van der Waals surface area (Å²) in [6, 6.07) is 6.20. The first-order valence-electron chi connectivity index (χ1n) is 13.7. The van der Waals surface area contributed by atoms with Crippen molar-refractivity contribution < 1.29 is 79.0 Å². The Hall–Kier alpha value is -5.43. The molecule has 0 saturated heterocycles. The molecule has 272 valence electrons. The molecule has 0 N–H and O–H groups in total. The van der Waals surface area contributed by atoms with Crippen LogP contribution in [0.25, 0.3) is 0 Å². The summed E-state index contributed by atoms with van der Waals surface area (Å²) in [7, 11) is 0. The number of benzene rings is 5. The largest absolute Gasteiger partial charge is 0.482 e. The lowest BCUT2D eigenvalue weighted by Gasteiger charge is -2.42. The predicted octanol–water partition coefficient (Wildman–Crippen LogP) is 8.30. The van der Waals surface area contributed by atoms with Crippen LogP contribution in [0.2, 0.25) is 0 Å². The predicted molar refractivity (Wildman–Crippen MR) is 147 cm³/mol. The van der Waals surface area contributed by atoms with Crippen LogP contribution in [0.5, 0.6) is 0 Å². The van der Waals surface area contributed by atoms with Crippen molar-refractivity contribution in [3.05, 3.63) is 159 Å². The van der Waals surface area contributed by atoms with Gasteiger partial charge < -0.3 is 4.90 Å². The molecule has 0 aliphatic rings. The van der Waals surface area contributed by atoms with Gasteiger partial charge in [0, 0.05) is 5.71 Å². The van der Waals surface area contributed by atoms with Crippen LogP contribution in [0.15, 0.2) is 59.5 Å². The minimum atomic E-state index is -6.39. The molecular formula is C32H9BF18N-. The van der Waals surface area contributed by atoms with Crippen molar-refractivity contribution >= 4 is 28.4 Å². The van der Waals surface area contributed by atoms with Gasteiger partial charge in [-0.15, -0.1) is 0 Å². The van der Waals surface area contributed by atoms with E-state index >= 15 is 26.3 Å². The highest BCUT2D eigenvalue weighted by Crippen LogP contribution is 2.32. The van der Waals surface area contributed by atoms with Crippen LogP contribution in [0.4, 0.5) is 79.0 Å². The Morgan fingerprint density at radius 3 is 0.923 bits per heavy atom. The highest BCUT2D eigenvalue weighted by atomic mass is 19.4. The number of alkyl halides is 3. The standard InChI is InChI=1S/C32H9BF18N/c34-16-13(17(35)23(41)28(46)22(16)40)33(14-18(36)24(42)29(47)25(43)19(14)37,15-20(38)26(44)30(48)27(45)21(15)39)52-31(10-4-2-1-3-5-10)11-6-8-12(9-7-11)32(49,50)51/h1-9H/q-1/b52-31+. The van der Waals surface area contributed by atoms with Crippen molar-refractivity contribution in [3.63, 3.8) is 0 Å². The van der Waals surface area contributed by atoms with E-state index in [0.717, 1.165) is 24.3 Å². The maximum Gasteiger partial charge on any atom is 0.416 e. The molecule has 0 heterocycles. The number of hydrogen-bond donors (Lipinski definition) is 0. The monoisotopic (exact) mass is 760 g/mol. The van der Waals surface area contributed by atoms with Crippen LogP contribution in [-0.2, 0) is 6.18 Å². The fraction of sp³-hybridized carbons (Fsp3) is 0.0312. The third kappa shape index (κ3) is 5.73. The minimum absolute atomic E-state index is 0.234. The zero-order chi connectivity index (χ0) is 38.8. The molecule has 52 heavy (non-hydrogen) atoms. The Labute approximate surface area is 277 Å². The van der Waals surface area contributed by atoms with Gasteiger partial charge in [-0.25, -0.2) is 65.9 Å². The van der Waals surface area contributed by atoms with Gasteiger partial charge in [-0.3, -0.25) is 0 Å². The van der Waals surface area contributed by atoms with E-state index in [4.69, 9.17) is 0 Å². The number of halogens is 18. The Bertz CT molecular complexity index is 2030. The Morgan fingerprint density at radius 2 is 0.635 bits per heavy atom. The SMILES string of the molecule is Fc1c(F)c(F)c([B-](/N=C(\c2ccccc2)c2ccc(C(F)(F)F)cc2)(c2c(F)c(F)c(F)c(F)c2F)c2c(F)c(F)c(F)c(F)c2F)c(F)c1F. The van der Waals surface area contributed by atoms with Gasteiger partial charge in [0.2, 0.25) is 6.28 Å². The van der Waals surface area contributed by atoms with Gasteiger partial charge in [0.15, 0.2) is 52.4 Å². The lowest BCUT2D eigenvalue weighted by atomic mass is 9.24. The average molecular weight is 760 g/mol. The topological polar surface area (TPSA) is 12.4 Å². The van der Waals surface area contributed by atoms with E-state index in [-0.39, 0.29) is 12.1 Å². The zero-order valence-electron chi connectivity index (χ0n) is 24.5. The van der Waals surface area contributed by atoms with Gasteiger partial charge in [-0.1, -0.05) is 58.9 Å². The van der Waals surface area contributed by atoms with Crippen molar-refractivity contribution in [2.24, 2.45) is 4.90 Å². The molecule has 0 aliphatic heterocycles. The second kappa shape index (κ2) is 13.3. The van der Waals surface area contributed by atoms with Gasteiger partial charge in [0.05, 0.1) is 5.56 Å². The molecule has 0 fully saturated rings. The maximum absolute atomic E-state index is 15.9. The van der Waals surface area contributed by atoms with Crippen LogP contribution in [-0.4, -0.2) is 12.0 Å². The zero-order valence-corrected chi connectivity index (χ0v) is 24.5. The fourth-order valence-corrected chi connectivity index (χ4v) is 5.52. The van der Waals surface area contributed by atoms with Crippen LogP contribution in [0.1, 0.15) is 16.7 Å². The normalized spacial score (nSPS) is 12.5. The second-order valence-corrected chi connectivity index (χ2v) is 10.7. The summed E-state index contributed by atoms with van der Waals surface area (Å²) in [4.78, 5) is 3.44. The van der Waals surface area contributed by atoms with E-state index in [2.05, 4.69) is 4.90 Å². The molecule has 5 aromatic carbocycles. The molecule has 0 spiro atoms. The molecule has 1 nitrogen and oxygen atoms in total. The third-order valence-electron chi connectivity index (χ3n) is 7.84. The first kappa shape index (κ1) is 37.8. The van der Waals surface area contributed by atoms with E-state index in [1.54, 1.807) is 0 Å². The number of rotatable bonds is 6. The molecule has 0 atom stereocenters. The van der Waals surface area contributed by atoms with Crippen LogP contribution in [0, 0.1) is 87.3 Å². The Kier molecular flexibility index (Phi) is 9.66. The van der Waals surface area contributed by atoms with Crippen molar-refractivity contribution in [2.75, 3.05) is 0 Å². The van der Waals surface area contributed by atoms with Crippen LogP contribution >= 0.6 is 0 Å². The van der Waals surface area contributed by atoms with E-state index in [0.29, 0.717) is 12.1 Å². The Balaban J connectivity index is 2.24. The highest BCUT2D eigenvalue weighted by Gasteiger charge is 2.49. The number of hydrogen-bond acceptors (Lipinski definition) is 1. The molecule has 0 unspecified atom stereocenters. The smallest absolute Gasteiger partial charge is 0.416 e. The minimum Gasteiger partial charge on any atom is -0.482 e. The molecular weight excluding hydrogens is 751 g/mol. The molecule has 0 radical (unpaired) electrons. The summed E-state index contributed by atoms with van der Waals surface area (Å²) >= 11 is 0. The fourth-order valence-electron chi connectivity index (χ4n) is 5.52. The first-order chi connectivity index (χ1) is 24.2. The average Bonchev–Trinajstić information content (AvgIpc) is 3.12. The van der Waals surface area contributed by atoms with Gasteiger partial charge in [-0.2, -0.15) is 13.2 Å². The summed E-state index contributed by atoms with van der Waals surface area (Å²) in [5.74, 6) is -48.4. The highest BCUT2D eigenvalue weighted by molar-refractivity contribution is 7.11. The lowest BCUT2D eigenvalue weighted by molar-refractivity contribution is -0.137. The first-order valence-corrected chi connectivity index (χ1v) is 13.7. The molecule has 5 rings (SSSR count). The summed E-state index contributed by atoms with van der Waals surface area (Å²) in [6.07, 6.45) is -11.5. The van der Waals surface area contributed by atoms with Crippen LogP contribution in [0.3, 0.4) is 0 Å². The molecule has 0 bridgehead atoms. The molecule has 0 amide bonds. The molecule has 5 aromatic rings. The summed E-state index contributed by atoms with van der Waals surface area (Å²) < 4.78 is 268. The Morgan fingerprint density at radius 1 is 0.365 bits per heavy atom. The summed E-state index contributed by atoms with van der Waals surface area (Å²) in [5, 5.41) is 0. The molecule has 20 heteroatoms. The van der Waals surface area contributed by atoms with Gasteiger partial charge in [-0.05, 0) is 23.3 Å². The summed E-state index contributed by atoms with van der Waals surface area (Å²) in [6.45, 7) is 0. The van der Waals surface area contributed by atoms with E-state index in [1.807, 2.05) is 0 Å². The quantitative estimate of drug-likeness (QED) is 0.0544. The van der Waals surface area contributed by atoms with Gasteiger partial charge in [0.25, 0.3) is 0 Å². The van der Waals surface area contributed by atoms with E-state index < -0.39 is 139 Å². The second-order valence-electron chi connectivity index (χ2n) is 10.7. The van der Waals surface area contributed by atoms with E-state index in [9.17, 15) is 52.7 Å².